The van der Waals surface area contributed by atoms with Gasteiger partial charge in [0, 0.05) is 23.1 Å². The second-order valence-corrected chi connectivity index (χ2v) is 2.79. The van der Waals surface area contributed by atoms with E-state index in [1.54, 1.807) is 17.2 Å². The van der Waals surface area contributed by atoms with E-state index in [2.05, 4.69) is 0 Å². The van der Waals surface area contributed by atoms with Crippen molar-refractivity contribution >= 4 is 40.8 Å². The van der Waals surface area contributed by atoms with E-state index in [-0.39, 0.29) is 23.1 Å². The summed E-state index contributed by atoms with van der Waals surface area (Å²) in [4.78, 5) is 10.2. The fraction of sp³-hybridized carbons (Fsp3) is 0.800. The van der Waals surface area contributed by atoms with E-state index in [1.807, 2.05) is 6.26 Å². The minimum atomic E-state index is -1.02. The van der Waals surface area contributed by atoms with E-state index in [1.165, 1.54) is 0 Å². The molecule has 0 fully saturated rings. The zero-order valence-electron chi connectivity index (χ0n) is 6.41. The summed E-state index contributed by atoms with van der Waals surface area (Å²) in [5, 5.41) is 16.7. The Morgan fingerprint density at radius 3 is 2.55 bits per heavy atom. The van der Waals surface area contributed by atoms with Gasteiger partial charge in [0.2, 0.25) is 0 Å². The molecule has 1 atom stereocenters. The number of hydrogen-bond donors (Lipinski definition) is 3. The molecule has 0 saturated carbocycles. The van der Waals surface area contributed by atoms with Crippen molar-refractivity contribution in [3.05, 3.63) is 0 Å². The molecule has 0 spiro atoms. The maximum atomic E-state index is 10.2. The van der Waals surface area contributed by atoms with Gasteiger partial charge in [-0.1, -0.05) is 0 Å². The quantitative estimate of drug-likeness (QED) is 0.413. The molecule has 0 aliphatic rings. The zero-order valence-corrected chi connectivity index (χ0v) is 8.64. The number of hydrogen-bond acceptors (Lipinski definition) is 4. The average molecular weight is 190 g/mol. The Labute approximate surface area is 85.8 Å². The number of carbonyl (C=O) groups is 1. The van der Waals surface area contributed by atoms with E-state index >= 15 is 0 Å². The van der Waals surface area contributed by atoms with Crippen molar-refractivity contribution in [3.63, 3.8) is 0 Å². The second kappa shape index (κ2) is 8.60. The molecule has 0 aromatic carbocycles. The van der Waals surface area contributed by atoms with Crippen molar-refractivity contribution in [2.45, 2.75) is 12.5 Å². The SMILES string of the molecule is CSCC[C@H](NO)C(=O)O.[Mg]. The molecule has 11 heavy (non-hydrogen) atoms. The van der Waals surface area contributed by atoms with Crippen LogP contribution < -0.4 is 5.48 Å². The van der Waals surface area contributed by atoms with Crippen LogP contribution in [0.15, 0.2) is 0 Å². The van der Waals surface area contributed by atoms with Crippen molar-refractivity contribution < 1.29 is 15.1 Å². The lowest BCUT2D eigenvalue weighted by molar-refractivity contribution is -0.142. The maximum Gasteiger partial charge on any atom is 0.323 e. The van der Waals surface area contributed by atoms with Gasteiger partial charge in [0.1, 0.15) is 6.04 Å². The Morgan fingerprint density at radius 1 is 1.73 bits per heavy atom. The number of nitrogens with one attached hydrogen (secondary N) is 1. The van der Waals surface area contributed by atoms with Gasteiger partial charge >= 0.3 is 5.97 Å². The van der Waals surface area contributed by atoms with Gasteiger partial charge in [-0.2, -0.15) is 17.2 Å². The fourth-order valence-corrected chi connectivity index (χ4v) is 0.950. The van der Waals surface area contributed by atoms with Crippen molar-refractivity contribution in [3.8, 4) is 0 Å². The number of aliphatic carboxylic acids is 1. The van der Waals surface area contributed by atoms with Crippen LogP contribution >= 0.6 is 11.8 Å². The van der Waals surface area contributed by atoms with Crippen LogP contribution in [0.1, 0.15) is 6.42 Å². The molecule has 0 rings (SSSR count). The molecule has 4 nitrogen and oxygen atoms in total. The highest BCUT2D eigenvalue weighted by Gasteiger charge is 2.14. The highest BCUT2D eigenvalue weighted by molar-refractivity contribution is 7.98. The predicted molar refractivity (Wildman–Crippen MR) is 45.1 cm³/mol. The third kappa shape index (κ3) is 6.89. The maximum absolute atomic E-state index is 10.2. The average Bonchev–Trinajstić information content (AvgIpc) is 1.89. The number of thioether (sulfide) groups is 1. The van der Waals surface area contributed by atoms with Gasteiger partial charge in [0.15, 0.2) is 0 Å². The highest BCUT2D eigenvalue weighted by Crippen LogP contribution is 1.99. The minimum absolute atomic E-state index is 0. The van der Waals surface area contributed by atoms with E-state index < -0.39 is 12.0 Å². The molecule has 6 heteroatoms. The Balaban J connectivity index is 0. The molecule has 2 radical (unpaired) electrons. The second-order valence-electron chi connectivity index (χ2n) is 1.80. The van der Waals surface area contributed by atoms with Gasteiger partial charge < -0.3 is 10.3 Å². The van der Waals surface area contributed by atoms with E-state index in [9.17, 15) is 4.79 Å². The van der Waals surface area contributed by atoms with Crippen LogP contribution in [0.5, 0.6) is 0 Å². The molecule has 0 aromatic rings. The molecule has 0 bridgehead atoms. The lowest BCUT2D eigenvalue weighted by Crippen LogP contribution is -2.34. The summed E-state index contributed by atoms with van der Waals surface area (Å²) in [6, 6.07) is -0.826. The van der Waals surface area contributed by atoms with Crippen LogP contribution in [0, 0.1) is 0 Å². The van der Waals surface area contributed by atoms with Crippen LogP contribution in [0.25, 0.3) is 0 Å². The van der Waals surface area contributed by atoms with Gasteiger partial charge in [0.25, 0.3) is 0 Å². The predicted octanol–water partition coefficient (Wildman–Crippen LogP) is -0.209. The Bertz CT molecular complexity index is 114. The number of rotatable bonds is 5. The van der Waals surface area contributed by atoms with Gasteiger partial charge in [-0.25, -0.2) is 0 Å². The smallest absolute Gasteiger partial charge is 0.323 e. The molecule has 0 heterocycles. The topological polar surface area (TPSA) is 69.6 Å². The largest absolute Gasteiger partial charge is 0.480 e. The summed E-state index contributed by atoms with van der Waals surface area (Å²) in [5.74, 6) is -0.290. The summed E-state index contributed by atoms with van der Waals surface area (Å²) in [5.41, 5.74) is 1.72. The Morgan fingerprint density at radius 2 is 2.27 bits per heavy atom. The zero-order chi connectivity index (χ0) is 7.98. The number of carboxylic acids is 1. The van der Waals surface area contributed by atoms with Crippen molar-refractivity contribution in [1.29, 1.82) is 0 Å². The number of hydroxylamine groups is 1. The monoisotopic (exact) mass is 189 g/mol. The molecular weight excluding hydrogens is 178 g/mol. The first-order chi connectivity index (χ1) is 4.72. The van der Waals surface area contributed by atoms with Gasteiger partial charge in [-0.3, -0.25) is 4.79 Å². The van der Waals surface area contributed by atoms with Crippen molar-refractivity contribution in [2.24, 2.45) is 0 Å². The van der Waals surface area contributed by atoms with Crippen molar-refractivity contribution in [2.75, 3.05) is 12.0 Å². The normalized spacial score (nSPS) is 11.8. The van der Waals surface area contributed by atoms with Crippen molar-refractivity contribution in [1.82, 2.24) is 5.48 Å². The molecular formula is C5H11MgNO3S. The van der Waals surface area contributed by atoms with E-state index in [4.69, 9.17) is 10.3 Å². The minimum Gasteiger partial charge on any atom is -0.480 e. The van der Waals surface area contributed by atoms with Crippen LogP contribution in [-0.2, 0) is 4.79 Å². The Kier molecular flexibility index (Phi) is 11.0. The third-order valence-electron chi connectivity index (χ3n) is 1.06. The summed E-state index contributed by atoms with van der Waals surface area (Å²) < 4.78 is 0. The van der Waals surface area contributed by atoms with Gasteiger partial charge in [0.05, 0.1) is 0 Å². The number of carboxylic acid groups (broad SMARTS) is 1. The summed E-state index contributed by atoms with van der Waals surface area (Å²) >= 11 is 1.55. The summed E-state index contributed by atoms with van der Waals surface area (Å²) in [6.45, 7) is 0. The van der Waals surface area contributed by atoms with E-state index in [0.29, 0.717) is 6.42 Å². The van der Waals surface area contributed by atoms with E-state index in [0.717, 1.165) is 5.75 Å². The molecule has 0 aliphatic carbocycles. The molecule has 3 N–H and O–H groups in total. The van der Waals surface area contributed by atoms with Crippen LogP contribution in [0.3, 0.4) is 0 Å². The van der Waals surface area contributed by atoms with Crippen LogP contribution in [0.2, 0.25) is 0 Å². The molecule has 0 saturated heterocycles. The molecule has 0 aliphatic heterocycles. The van der Waals surface area contributed by atoms with Crippen LogP contribution in [0.4, 0.5) is 0 Å². The Hall–Kier alpha value is 0.506. The first-order valence-electron chi connectivity index (χ1n) is 2.83. The van der Waals surface area contributed by atoms with Gasteiger partial charge in [-0.15, -0.1) is 0 Å². The molecule has 0 aromatic heterocycles. The molecule has 0 amide bonds. The summed E-state index contributed by atoms with van der Waals surface area (Å²) in [6.07, 6.45) is 2.32. The fourth-order valence-electron chi connectivity index (χ4n) is 0.479. The standard InChI is InChI=1S/C5H11NO3S.Mg/c1-10-3-2-4(6-9)5(7)8;/h4,6,9H,2-3H2,1H3,(H,7,8);/t4-;/m0./s1. The lowest BCUT2D eigenvalue weighted by Gasteiger charge is -2.07. The first-order valence-corrected chi connectivity index (χ1v) is 4.23. The van der Waals surface area contributed by atoms with Crippen LogP contribution in [-0.4, -0.2) is 57.4 Å². The highest BCUT2D eigenvalue weighted by atomic mass is 32.2. The first kappa shape index (κ1) is 14.1. The molecule has 0 unspecified atom stereocenters. The lowest BCUT2D eigenvalue weighted by atomic mass is 10.2. The summed E-state index contributed by atoms with van der Waals surface area (Å²) in [7, 11) is 0. The third-order valence-corrected chi connectivity index (χ3v) is 1.71. The molecule has 62 valence electrons. The van der Waals surface area contributed by atoms with Gasteiger partial charge in [-0.05, 0) is 18.4 Å².